The van der Waals surface area contributed by atoms with Crippen molar-refractivity contribution in [3.05, 3.63) is 30.3 Å². The van der Waals surface area contributed by atoms with Crippen molar-refractivity contribution in [2.24, 2.45) is 0 Å². The fourth-order valence-electron chi connectivity index (χ4n) is 0.671. The molecule has 0 heterocycles. The molecule has 0 aliphatic rings. The molecule has 0 fully saturated rings. The molecule has 0 amide bonds. The van der Waals surface area contributed by atoms with E-state index < -0.39 is 0 Å². The first-order valence-corrected chi connectivity index (χ1v) is 4.19. The van der Waals surface area contributed by atoms with Gasteiger partial charge in [-0.2, -0.15) is 0 Å². The van der Waals surface area contributed by atoms with E-state index in [9.17, 15) is 4.79 Å². The molecule has 0 aliphatic carbocycles. The normalized spacial score (nSPS) is 9.55. The van der Waals surface area contributed by atoms with Crippen molar-refractivity contribution in [2.75, 3.05) is 6.54 Å². The molecule has 0 atom stereocenters. The molecule has 58 valence electrons. The fraction of sp³-hybridized carbons (Fsp3) is 0.125. The molecule has 0 aliphatic heterocycles. The molecule has 1 aromatic carbocycles. The second-order valence-corrected chi connectivity index (χ2v) is 3.17. The average Bonchev–Trinajstić information content (AvgIpc) is 2.06. The number of carbonyl (C=O) groups excluding carboxylic acids is 1. The molecular weight excluding hydrogens is 158 g/mol. The molecule has 0 saturated heterocycles. The Morgan fingerprint density at radius 1 is 1.36 bits per heavy atom. The minimum absolute atomic E-state index is 0.108. The second-order valence-electron chi connectivity index (χ2n) is 2.04. The van der Waals surface area contributed by atoms with Crippen LogP contribution in [-0.4, -0.2) is 11.7 Å². The topological polar surface area (TPSA) is 44.7 Å². The zero-order valence-corrected chi connectivity index (χ0v) is 6.93. The summed E-state index contributed by atoms with van der Waals surface area (Å²) in [6.45, 7) is 0.347. The van der Waals surface area contributed by atoms with Gasteiger partial charge < -0.3 is 5.73 Å². The van der Waals surface area contributed by atoms with E-state index in [1.54, 1.807) is 0 Å². The van der Waals surface area contributed by atoms with Gasteiger partial charge in [-0.15, -0.1) is 0 Å². The van der Waals surface area contributed by atoms with Gasteiger partial charge in [0.25, 0.3) is 0 Å². The molecule has 1 rings (SSSR count). The molecule has 0 saturated carbocycles. The average molecular weight is 168 g/mol. The van der Waals surface area contributed by atoms with Gasteiger partial charge in [0.1, 0.15) is 6.54 Å². The van der Waals surface area contributed by atoms with Gasteiger partial charge in [-0.1, -0.05) is 18.2 Å². The Morgan fingerprint density at radius 3 is 2.55 bits per heavy atom. The molecular formula is C8H10NOS+. The van der Waals surface area contributed by atoms with E-state index in [0.29, 0.717) is 6.54 Å². The first-order valence-electron chi connectivity index (χ1n) is 3.38. The highest BCUT2D eigenvalue weighted by Crippen LogP contribution is 2.16. The lowest BCUT2D eigenvalue weighted by atomic mass is 10.4. The van der Waals surface area contributed by atoms with Crippen molar-refractivity contribution < 1.29 is 10.5 Å². The van der Waals surface area contributed by atoms with Gasteiger partial charge in [-0.25, -0.2) is 0 Å². The molecule has 0 radical (unpaired) electrons. The number of hydrogen-bond acceptors (Lipinski definition) is 2. The van der Waals surface area contributed by atoms with Crippen LogP contribution in [0.4, 0.5) is 0 Å². The van der Waals surface area contributed by atoms with Gasteiger partial charge in [0.15, 0.2) is 0 Å². The Labute approximate surface area is 69.8 Å². The van der Waals surface area contributed by atoms with Crippen LogP contribution in [0.25, 0.3) is 0 Å². The van der Waals surface area contributed by atoms with Crippen molar-refractivity contribution in [1.82, 2.24) is 0 Å². The van der Waals surface area contributed by atoms with Crippen molar-refractivity contribution >= 4 is 16.9 Å². The van der Waals surface area contributed by atoms with E-state index in [0.717, 1.165) is 4.90 Å². The molecule has 11 heavy (non-hydrogen) atoms. The van der Waals surface area contributed by atoms with Crippen molar-refractivity contribution in [3.8, 4) is 0 Å². The standard InChI is InChI=1S/C8H9NOS/c9-6-8(10)11-7-4-2-1-3-5-7/h1-5H,6,9H2/p+1. The molecule has 0 unspecified atom stereocenters. The zero-order chi connectivity index (χ0) is 8.10. The smallest absolute Gasteiger partial charge is 0.247 e. The second kappa shape index (κ2) is 4.16. The third-order valence-electron chi connectivity index (χ3n) is 1.18. The predicted molar refractivity (Wildman–Crippen MR) is 45.1 cm³/mol. The third-order valence-corrected chi connectivity index (χ3v) is 2.12. The van der Waals surface area contributed by atoms with Crippen molar-refractivity contribution in [2.45, 2.75) is 4.90 Å². The van der Waals surface area contributed by atoms with Crippen LogP contribution in [-0.2, 0) is 4.79 Å². The lowest BCUT2D eigenvalue weighted by molar-refractivity contribution is -0.352. The number of carbonyl (C=O) groups is 1. The minimum atomic E-state index is 0.108. The maximum absolute atomic E-state index is 10.9. The summed E-state index contributed by atoms with van der Waals surface area (Å²) in [7, 11) is 0. The number of rotatable bonds is 2. The maximum Gasteiger partial charge on any atom is 0.247 e. The molecule has 1 aromatic rings. The Bertz CT molecular complexity index is 235. The van der Waals surface area contributed by atoms with Gasteiger partial charge in [0.2, 0.25) is 5.12 Å². The van der Waals surface area contributed by atoms with Gasteiger partial charge in [-0.3, -0.25) is 4.79 Å². The van der Waals surface area contributed by atoms with Crippen LogP contribution < -0.4 is 5.73 Å². The Hall–Kier alpha value is -0.800. The van der Waals surface area contributed by atoms with Crippen LogP contribution >= 0.6 is 11.8 Å². The molecule has 3 N–H and O–H groups in total. The number of thioether (sulfide) groups is 1. The highest BCUT2D eigenvalue weighted by molar-refractivity contribution is 8.13. The minimum Gasteiger partial charge on any atom is -0.351 e. The summed E-state index contributed by atoms with van der Waals surface area (Å²) in [4.78, 5) is 11.9. The molecule has 0 spiro atoms. The quantitative estimate of drug-likeness (QED) is 0.655. The fourth-order valence-corrected chi connectivity index (χ4v) is 1.33. The lowest BCUT2D eigenvalue weighted by Crippen LogP contribution is -2.53. The highest BCUT2D eigenvalue weighted by atomic mass is 32.2. The summed E-state index contributed by atoms with van der Waals surface area (Å²) >= 11 is 1.24. The van der Waals surface area contributed by atoms with Crippen LogP contribution in [0.1, 0.15) is 0 Å². The van der Waals surface area contributed by atoms with E-state index in [-0.39, 0.29) is 5.12 Å². The molecule has 3 heteroatoms. The summed E-state index contributed by atoms with van der Waals surface area (Å²) in [5.41, 5.74) is 3.51. The van der Waals surface area contributed by atoms with Gasteiger partial charge in [0.05, 0.1) is 0 Å². The Kier molecular flexibility index (Phi) is 3.14. The molecule has 0 aromatic heterocycles. The maximum atomic E-state index is 10.9. The SMILES string of the molecule is [NH3+]CC(=O)Sc1ccccc1. The highest BCUT2D eigenvalue weighted by Gasteiger charge is 2.01. The predicted octanol–water partition coefficient (Wildman–Crippen LogP) is 0.547. The van der Waals surface area contributed by atoms with Crippen molar-refractivity contribution in [3.63, 3.8) is 0 Å². The Morgan fingerprint density at radius 2 is 2.00 bits per heavy atom. The first kappa shape index (κ1) is 8.30. The third kappa shape index (κ3) is 2.74. The van der Waals surface area contributed by atoms with Crippen LogP contribution in [0.2, 0.25) is 0 Å². The van der Waals surface area contributed by atoms with Crippen molar-refractivity contribution in [1.29, 1.82) is 0 Å². The summed E-state index contributed by atoms with van der Waals surface area (Å²) in [5, 5.41) is 0.108. The molecule has 2 nitrogen and oxygen atoms in total. The van der Waals surface area contributed by atoms with Crippen LogP contribution in [0.5, 0.6) is 0 Å². The summed E-state index contributed by atoms with van der Waals surface area (Å²) < 4.78 is 0. The van der Waals surface area contributed by atoms with Crippen LogP contribution in [0.3, 0.4) is 0 Å². The Balaban J connectivity index is 2.58. The summed E-state index contributed by atoms with van der Waals surface area (Å²) in [6.07, 6.45) is 0. The van der Waals surface area contributed by atoms with E-state index in [4.69, 9.17) is 0 Å². The number of hydrogen-bond donors (Lipinski definition) is 1. The monoisotopic (exact) mass is 168 g/mol. The zero-order valence-electron chi connectivity index (χ0n) is 6.12. The number of quaternary nitrogens is 1. The van der Waals surface area contributed by atoms with Crippen LogP contribution in [0.15, 0.2) is 35.2 Å². The van der Waals surface area contributed by atoms with E-state index in [1.165, 1.54) is 11.8 Å². The van der Waals surface area contributed by atoms with E-state index in [2.05, 4.69) is 5.73 Å². The van der Waals surface area contributed by atoms with Crippen LogP contribution in [0, 0.1) is 0 Å². The summed E-state index contributed by atoms with van der Waals surface area (Å²) in [6, 6.07) is 9.59. The van der Waals surface area contributed by atoms with Gasteiger partial charge >= 0.3 is 0 Å². The summed E-state index contributed by atoms with van der Waals surface area (Å²) in [5.74, 6) is 0. The molecule has 0 bridgehead atoms. The van der Waals surface area contributed by atoms with Gasteiger partial charge in [0, 0.05) is 4.90 Å². The first-order chi connectivity index (χ1) is 5.33. The van der Waals surface area contributed by atoms with E-state index >= 15 is 0 Å². The number of benzene rings is 1. The van der Waals surface area contributed by atoms with Gasteiger partial charge in [-0.05, 0) is 23.9 Å². The largest absolute Gasteiger partial charge is 0.351 e. The van der Waals surface area contributed by atoms with E-state index in [1.807, 2.05) is 30.3 Å². The lowest BCUT2D eigenvalue weighted by Gasteiger charge is -1.94.